The first-order valence-electron chi connectivity index (χ1n) is 10.3. The summed E-state index contributed by atoms with van der Waals surface area (Å²) in [7, 11) is 0. The zero-order valence-electron chi connectivity index (χ0n) is 17.3. The molecule has 0 atom stereocenters. The maximum atomic E-state index is 12.7. The minimum atomic E-state index is -0.120. The van der Waals surface area contributed by atoms with Gasteiger partial charge in [-0.2, -0.15) is 0 Å². The first-order valence-corrected chi connectivity index (χ1v) is 10.7. The van der Waals surface area contributed by atoms with Crippen LogP contribution in [-0.4, -0.2) is 42.9 Å². The highest BCUT2D eigenvalue weighted by atomic mass is 35.5. The molecule has 2 amide bonds. The predicted molar refractivity (Wildman–Crippen MR) is 125 cm³/mol. The highest BCUT2D eigenvalue weighted by Crippen LogP contribution is 2.21. The van der Waals surface area contributed by atoms with Gasteiger partial charge in [0.25, 0.3) is 11.8 Å². The molecule has 0 aliphatic carbocycles. The topological polar surface area (TPSA) is 52.7 Å². The first kappa shape index (κ1) is 20.9. The van der Waals surface area contributed by atoms with Crippen LogP contribution in [0.25, 0.3) is 0 Å². The van der Waals surface area contributed by atoms with Crippen molar-refractivity contribution in [2.75, 3.05) is 36.4 Å². The van der Waals surface area contributed by atoms with Gasteiger partial charge in [-0.15, -0.1) is 0 Å². The molecule has 0 bridgehead atoms. The molecule has 0 aromatic heterocycles. The number of aryl methyl sites for hydroxylation is 1. The van der Waals surface area contributed by atoms with Crippen LogP contribution in [-0.2, 0) is 0 Å². The third-order valence-electron chi connectivity index (χ3n) is 5.43. The van der Waals surface area contributed by atoms with Gasteiger partial charge < -0.3 is 15.1 Å². The Hall–Kier alpha value is -3.31. The molecule has 3 aromatic rings. The molecule has 0 saturated carbocycles. The Balaban J connectivity index is 1.33. The van der Waals surface area contributed by atoms with Gasteiger partial charge in [-0.25, -0.2) is 0 Å². The summed E-state index contributed by atoms with van der Waals surface area (Å²) in [6.07, 6.45) is 0. The maximum Gasteiger partial charge on any atom is 0.255 e. The Kier molecular flexibility index (Phi) is 6.23. The van der Waals surface area contributed by atoms with Gasteiger partial charge in [0.1, 0.15) is 0 Å². The molecule has 5 nitrogen and oxygen atoms in total. The maximum absolute atomic E-state index is 12.7. The van der Waals surface area contributed by atoms with Crippen LogP contribution in [0.4, 0.5) is 11.4 Å². The van der Waals surface area contributed by atoms with Gasteiger partial charge in [-0.05, 0) is 67.6 Å². The molecule has 6 heteroatoms. The van der Waals surface area contributed by atoms with Gasteiger partial charge in [0.2, 0.25) is 0 Å². The predicted octanol–water partition coefficient (Wildman–Crippen LogP) is 4.86. The smallest absolute Gasteiger partial charge is 0.255 e. The number of nitrogens with zero attached hydrogens (tertiary/aromatic N) is 2. The van der Waals surface area contributed by atoms with Crippen LogP contribution in [0, 0.1) is 6.92 Å². The second-order valence-corrected chi connectivity index (χ2v) is 8.09. The van der Waals surface area contributed by atoms with E-state index in [1.165, 1.54) is 0 Å². The first-order chi connectivity index (χ1) is 15.0. The van der Waals surface area contributed by atoms with Gasteiger partial charge in [0.15, 0.2) is 0 Å². The lowest BCUT2D eigenvalue weighted by atomic mass is 10.1. The van der Waals surface area contributed by atoms with E-state index in [0.29, 0.717) is 29.2 Å². The van der Waals surface area contributed by atoms with E-state index in [2.05, 4.69) is 10.2 Å². The van der Waals surface area contributed by atoms with E-state index in [1.54, 1.807) is 24.3 Å². The Labute approximate surface area is 187 Å². The molecule has 1 aliphatic heterocycles. The van der Waals surface area contributed by atoms with Crippen molar-refractivity contribution in [3.05, 3.63) is 94.5 Å². The molecule has 1 aliphatic rings. The monoisotopic (exact) mass is 433 g/mol. The largest absolute Gasteiger partial charge is 0.368 e. The molecule has 158 valence electrons. The van der Waals surface area contributed by atoms with Gasteiger partial charge in [0.05, 0.1) is 0 Å². The lowest BCUT2D eigenvalue weighted by Crippen LogP contribution is -2.48. The normalized spacial score (nSPS) is 13.7. The van der Waals surface area contributed by atoms with Crippen molar-refractivity contribution < 1.29 is 9.59 Å². The average molecular weight is 434 g/mol. The average Bonchev–Trinajstić information content (AvgIpc) is 2.80. The molecule has 4 rings (SSSR count). The number of piperazine rings is 1. The Morgan fingerprint density at radius 1 is 0.839 bits per heavy atom. The summed E-state index contributed by atoms with van der Waals surface area (Å²) >= 11 is 5.91. The number of hydrogen-bond donors (Lipinski definition) is 1. The fourth-order valence-corrected chi connectivity index (χ4v) is 3.81. The van der Waals surface area contributed by atoms with Crippen molar-refractivity contribution in [2.24, 2.45) is 0 Å². The van der Waals surface area contributed by atoms with E-state index < -0.39 is 0 Å². The number of nitrogens with one attached hydrogen (secondary N) is 1. The van der Waals surface area contributed by atoms with Crippen molar-refractivity contribution in [3.63, 3.8) is 0 Å². The second-order valence-electron chi connectivity index (χ2n) is 7.66. The number of carbonyl (C=O) groups excluding carboxylic acids is 2. The molecule has 0 spiro atoms. The molecular weight excluding hydrogens is 410 g/mol. The molecule has 0 radical (unpaired) electrons. The van der Waals surface area contributed by atoms with Crippen molar-refractivity contribution in [1.29, 1.82) is 0 Å². The number of halogens is 1. The highest BCUT2D eigenvalue weighted by Gasteiger charge is 2.22. The van der Waals surface area contributed by atoms with E-state index in [1.807, 2.05) is 60.4 Å². The van der Waals surface area contributed by atoms with Crippen LogP contribution < -0.4 is 10.2 Å². The van der Waals surface area contributed by atoms with Crippen LogP contribution in [0.5, 0.6) is 0 Å². The molecule has 1 fully saturated rings. The number of amides is 2. The van der Waals surface area contributed by atoms with Crippen molar-refractivity contribution in [2.45, 2.75) is 6.92 Å². The van der Waals surface area contributed by atoms with E-state index in [-0.39, 0.29) is 11.8 Å². The van der Waals surface area contributed by atoms with Crippen molar-refractivity contribution in [1.82, 2.24) is 4.90 Å². The lowest BCUT2D eigenvalue weighted by molar-refractivity contribution is 0.0746. The molecule has 3 aromatic carbocycles. The minimum absolute atomic E-state index is 0.0329. The SMILES string of the molecule is Cc1cccc(C(=O)Nc2ccc(N3CCN(C(=O)c4ccc(Cl)cc4)CC3)cc2)c1. The number of hydrogen-bond acceptors (Lipinski definition) is 3. The summed E-state index contributed by atoms with van der Waals surface area (Å²) in [5, 5.41) is 3.56. The summed E-state index contributed by atoms with van der Waals surface area (Å²) in [6.45, 7) is 4.80. The third kappa shape index (κ3) is 5.06. The lowest BCUT2D eigenvalue weighted by Gasteiger charge is -2.36. The van der Waals surface area contributed by atoms with Crippen LogP contribution in [0.15, 0.2) is 72.8 Å². The van der Waals surface area contributed by atoms with Crippen LogP contribution in [0.2, 0.25) is 5.02 Å². The summed E-state index contributed by atoms with van der Waals surface area (Å²) in [4.78, 5) is 29.2. The standard InChI is InChI=1S/C25H24ClN3O2/c1-18-3-2-4-20(17-18)24(30)27-22-9-11-23(12-10-22)28-13-15-29(16-14-28)25(31)19-5-7-21(26)8-6-19/h2-12,17H,13-16H2,1H3,(H,27,30). The van der Waals surface area contributed by atoms with E-state index in [9.17, 15) is 9.59 Å². The number of rotatable bonds is 4. The number of anilines is 2. The molecule has 31 heavy (non-hydrogen) atoms. The van der Waals surface area contributed by atoms with E-state index in [4.69, 9.17) is 11.6 Å². The summed E-state index contributed by atoms with van der Waals surface area (Å²) in [6, 6.07) is 22.4. The Morgan fingerprint density at radius 2 is 1.52 bits per heavy atom. The van der Waals surface area contributed by atoms with Crippen LogP contribution >= 0.6 is 11.6 Å². The summed E-state index contributed by atoms with van der Waals surface area (Å²) in [5.41, 5.74) is 4.19. The van der Waals surface area contributed by atoms with Gasteiger partial charge >= 0.3 is 0 Å². The molecule has 1 N–H and O–H groups in total. The van der Waals surface area contributed by atoms with Gasteiger partial charge in [0, 0.05) is 53.7 Å². The van der Waals surface area contributed by atoms with Crippen LogP contribution in [0.1, 0.15) is 26.3 Å². The van der Waals surface area contributed by atoms with Gasteiger partial charge in [-0.3, -0.25) is 9.59 Å². The molecular formula is C25H24ClN3O2. The number of benzene rings is 3. The Morgan fingerprint density at radius 3 is 2.16 bits per heavy atom. The highest BCUT2D eigenvalue weighted by molar-refractivity contribution is 6.30. The molecule has 0 unspecified atom stereocenters. The third-order valence-corrected chi connectivity index (χ3v) is 5.68. The minimum Gasteiger partial charge on any atom is -0.368 e. The van der Waals surface area contributed by atoms with Gasteiger partial charge in [-0.1, -0.05) is 29.3 Å². The fourth-order valence-electron chi connectivity index (χ4n) is 3.69. The van der Waals surface area contributed by atoms with Crippen LogP contribution in [0.3, 0.4) is 0 Å². The number of carbonyl (C=O) groups is 2. The van der Waals surface area contributed by atoms with E-state index in [0.717, 1.165) is 30.0 Å². The Bertz CT molecular complexity index is 1070. The summed E-state index contributed by atoms with van der Waals surface area (Å²) < 4.78 is 0. The summed E-state index contributed by atoms with van der Waals surface area (Å²) in [5.74, 6) is -0.0868. The zero-order valence-corrected chi connectivity index (χ0v) is 18.1. The molecule has 1 heterocycles. The van der Waals surface area contributed by atoms with E-state index >= 15 is 0 Å². The van der Waals surface area contributed by atoms with Crippen molar-refractivity contribution >= 4 is 34.8 Å². The second kappa shape index (κ2) is 9.23. The zero-order chi connectivity index (χ0) is 21.8. The molecule has 1 saturated heterocycles. The quantitative estimate of drug-likeness (QED) is 0.639. The van der Waals surface area contributed by atoms with Crippen molar-refractivity contribution in [3.8, 4) is 0 Å². The fraction of sp³-hybridized carbons (Fsp3) is 0.200.